The number of nitrogens with one attached hydrogen (secondary N) is 3. The molecule has 10 nitrogen and oxygen atoms in total. The molecule has 0 aliphatic heterocycles. The summed E-state index contributed by atoms with van der Waals surface area (Å²) < 4.78 is 0.999. The SMILES string of the molecule is O=C(O)CCC(NC(=O)NC(CCCCNCc1ccc(Br)cc1)C(=O)O)C(=O)O. The fourth-order valence-corrected chi connectivity index (χ4v) is 2.84. The zero-order valence-corrected chi connectivity index (χ0v) is 17.9. The Morgan fingerprint density at radius 3 is 1.97 bits per heavy atom. The van der Waals surface area contributed by atoms with E-state index < -0.39 is 42.4 Å². The number of amides is 2. The molecule has 11 heteroatoms. The number of carboxylic acid groups (broad SMARTS) is 3. The van der Waals surface area contributed by atoms with Crippen molar-refractivity contribution in [3.8, 4) is 0 Å². The third-order valence-electron chi connectivity index (χ3n) is 4.19. The summed E-state index contributed by atoms with van der Waals surface area (Å²) in [5.41, 5.74) is 1.12. The minimum absolute atomic E-state index is 0.176. The number of halogens is 1. The van der Waals surface area contributed by atoms with E-state index in [4.69, 9.17) is 10.2 Å². The minimum Gasteiger partial charge on any atom is -0.481 e. The molecular weight excluding hydrogens is 462 g/mol. The van der Waals surface area contributed by atoms with E-state index in [-0.39, 0.29) is 12.8 Å². The van der Waals surface area contributed by atoms with Gasteiger partial charge in [-0.15, -0.1) is 0 Å². The van der Waals surface area contributed by atoms with E-state index >= 15 is 0 Å². The topological polar surface area (TPSA) is 165 Å². The molecule has 1 aromatic carbocycles. The zero-order valence-electron chi connectivity index (χ0n) is 16.3. The molecule has 1 rings (SSSR count). The lowest BCUT2D eigenvalue weighted by atomic mass is 10.1. The summed E-state index contributed by atoms with van der Waals surface area (Å²) >= 11 is 3.37. The fraction of sp³-hybridized carbons (Fsp3) is 0.474. The van der Waals surface area contributed by atoms with Gasteiger partial charge < -0.3 is 31.3 Å². The number of aliphatic carboxylic acids is 3. The van der Waals surface area contributed by atoms with E-state index in [1.807, 2.05) is 24.3 Å². The van der Waals surface area contributed by atoms with Crippen LogP contribution in [0.4, 0.5) is 4.79 Å². The Labute approximate surface area is 182 Å². The van der Waals surface area contributed by atoms with Crippen LogP contribution in [-0.2, 0) is 20.9 Å². The van der Waals surface area contributed by atoms with Crippen LogP contribution in [0, 0.1) is 0 Å². The van der Waals surface area contributed by atoms with Crippen molar-refractivity contribution in [1.29, 1.82) is 0 Å². The van der Waals surface area contributed by atoms with Gasteiger partial charge in [0, 0.05) is 17.4 Å². The van der Waals surface area contributed by atoms with Crippen molar-refractivity contribution < 1.29 is 34.5 Å². The van der Waals surface area contributed by atoms with Crippen LogP contribution in [0.15, 0.2) is 28.7 Å². The van der Waals surface area contributed by atoms with Gasteiger partial charge in [-0.25, -0.2) is 14.4 Å². The second-order valence-electron chi connectivity index (χ2n) is 6.63. The van der Waals surface area contributed by atoms with Crippen molar-refractivity contribution in [2.75, 3.05) is 6.54 Å². The van der Waals surface area contributed by atoms with Crippen molar-refractivity contribution in [2.24, 2.45) is 0 Å². The van der Waals surface area contributed by atoms with Crippen molar-refractivity contribution >= 4 is 39.9 Å². The first-order valence-corrected chi connectivity index (χ1v) is 10.2. The minimum atomic E-state index is -1.42. The maximum atomic E-state index is 11.9. The van der Waals surface area contributed by atoms with E-state index in [1.54, 1.807) is 0 Å². The molecule has 0 spiro atoms. The molecular formula is C19H26BrN3O7. The quantitative estimate of drug-likeness (QED) is 0.216. The predicted octanol–water partition coefficient (Wildman–Crippen LogP) is 1.78. The first-order chi connectivity index (χ1) is 14.2. The van der Waals surface area contributed by atoms with Crippen molar-refractivity contribution in [2.45, 2.75) is 50.7 Å². The summed E-state index contributed by atoms with van der Waals surface area (Å²) in [5, 5.41) is 34.5. The Hall–Kier alpha value is -2.66. The van der Waals surface area contributed by atoms with Crippen molar-refractivity contribution in [3.05, 3.63) is 34.3 Å². The van der Waals surface area contributed by atoms with Gasteiger partial charge in [-0.3, -0.25) is 4.79 Å². The Kier molecular flexibility index (Phi) is 11.5. The average Bonchev–Trinajstić information content (AvgIpc) is 2.67. The molecule has 2 unspecified atom stereocenters. The van der Waals surface area contributed by atoms with Crippen LogP contribution in [-0.4, -0.2) is 57.9 Å². The number of hydrogen-bond donors (Lipinski definition) is 6. The molecule has 0 aliphatic carbocycles. The summed E-state index contributed by atoms with van der Waals surface area (Å²) in [6, 6.07) is 4.31. The Morgan fingerprint density at radius 2 is 1.43 bits per heavy atom. The molecule has 6 N–H and O–H groups in total. The van der Waals surface area contributed by atoms with Crippen LogP contribution in [0.25, 0.3) is 0 Å². The molecule has 30 heavy (non-hydrogen) atoms. The van der Waals surface area contributed by atoms with E-state index in [1.165, 1.54) is 0 Å². The number of unbranched alkanes of at least 4 members (excludes halogenated alkanes) is 1. The molecule has 0 fully saturated rings. The molecule has 2 amide bonds. The summed E-state index contributed by atoms with van der Waals surface area (Å²) in [6.07, 6.45) is 0.661. The highest BCUT2D eigenvalue weighted by molar-refractivity contribution is 9.10. The molecule has 0 saturated heterocycles. The predicted molar refractivity (Wildman–Crippen MR) is 111 cm³/mol. The summed E-state index contributed by atoms with van der Waals surface area (Å²) in [5.74, 6) is -3.82. The van der Waals surface area contributed by atoms with Gasteiger partial charge >= 0.3 is 23.9 Å². The number of benzene rings is 1. The summed E-state index contributed by atoms with van der Waals surface area (Å²) in [6.45, 7) is 1.36. The average molecular weight is 488 g/mol. The van der Waals surface area contributed by atoms with E-state index in [0.717, 1.165) is 10.0 Å². The first kappa shape index (κ1) is 25.4. The third kappa shape index (κ3) is 10.8. The van der Waals surface area contributed by atoms with Crippen LogP contribution < -0.4 is 16.0 Å². The Bertz CT molecular complexity index is 727. The van der Waals surface area contributed by atoms with Gasteiger partial charge in [0.15, 0.2) is 0 Å². The highest BCUT2D eigenvalue weighted by Crippen LogP contribution is 2.10. The molecule has 1 aromatic rings. The molecule has 0 aliphatic rings. The zero-order chi connectivity index (χ0) is 22.5. The second-order valence-corrected chi connectivity index (χ2v) is 7.55. The number of carboxylic acids is 3. The van der Waals surface area contributed by atoms with Crippen molar-refractivity contribution in [3.63, 3.8) is 0 Å². The van der Waals surface area contributed by atoms with Crippen LogP contribution in [0.5, 0.6) is 0 Å². The van der Waals surface area contributed by atoms with E-state index in [0.29, 0.717) is 25.9 Å². The lowest BCUT2D eigenvalue weighted by Crippen LogP contribution is -2.51. The normalized spacial score (nSPS) is 12.6. The van der Waals surface area contributed by atoms with E-state index in [2.05, 4.69) is 31.9 Å². The van der Waals surface area contributed by atoms with Gasteiger partial charge in [-0.05, 0) is 49.9 Å². The van der Waals surface area contributed by atoms with E-state index in [9.17, 15) is 24.3 Å². The van der Waals surface area contributed by atoms with Crippen LogP contribution in [0.1, 0.15) is 37.7 Å². The highest BCUT2D eigenvalue weighted by atomic mass is 79.9. The Balaban J connectivity index is 2.34. The molecule has 2 atom stereocenters. The Morgan fingerprint density at radius 1 is 0.867 bits per heavy atom. The van der Waals surface area contributed by atoms with Gasteiger partial charge in [0.05, 0.1) is 0 Å². The van der Waals surface area contributed by atoms with Crippen molar-refractivity contribution in [1.82, 2.24) is 16.0 Å². The second kappa shape index (κ2) is 13.5. The van der Waals surface area contributed by atoms with Crippen LogP contribution in [0.3, 0.4) is 0 Å². The maximum absolute atomic E-state index is 11.9. The standard InChI is InChI=1S/C19H26BrN3O7/c20-13-6-4-12(5-7-13)11-21-10-2-1-3-14(17(26)27)22-19(30)23-15(18(28)29)8-9-16(24)25/h4-7,14-15,21H,1-3,8-11H2,(H,24,25)(H,26,27)(H,28,29)(H2,22,23,30). The molecule has 166 valence electrons. The molecule has 0 bridgehead atoms. The smallest absolute Gasteiger partial charge is 0.326 e. The van der Waals surface area contributed by atoms with Gasteiger partial charge in [0.1, 0.15) is 12.1 Å². The molecule has 0 saturated carbocycles. The summed E-state index contributed by atoms with van der Waals surface area (Å²) in [4.78, 5) is 44.9. The number of carbonyl (C=O) groups excluding carboxylic acids is 1. The highest BCUT2D eigenvalue weighted by Gasteiger charge is 2.24. The largest absolute Gasteiger partial charge is 0.481 e. The van der Waals surface area contributed by atoms with Gasteiger partial charge in [0.2, 0.25) is 0 Å². The van der Waals surface area contributed by atoms with Crippen LogP contribution >= 0.6 is 15.9 Å². The maximum Gasteiger partial charge on any atom is 0.326 e. The third-order valence-corrected chi connectivity index (χ3v) is 4.72. The molecule has 0 aromatic heterocycles. The molecule has 0 heterocycles. The molecule has 0 radical (unpaired) electrons. The van der Waals surface area contributed by atoms with Gasteiger partial charge in [-0.1, -0.05) is 28.1 Å². The number of rotatable bonds is 14. The number of hydrogen-bond acceptors (Lipinski definition) is 5. The number of urea groups is 1. The monoisotopic (exact) mass is 487 g/mol. The number of carbonyl (C=O) groups is 4. The lowest BCUT2D eigenvalue weighted by Gasteiger charge is -2.18. The van der Waals surface area contributed by atoms with Gasteiger partial charge in [-0.2, -0.15) is 0 Å². The van der Waals surface area contributed by atoms with Crippen LogP contribution in [0.2, 0.25) is 0 Å². The lowest BCUT2D eigenvalue weighted by molar-refractivity contribution is -0.140. The fourth-order valence-electron chi connectivity index (χ4n) is 2.57. The van der Waals surface area contributed by atoms with Gasteiger partial charge in [0.25, 0.3) is 0 Å². The summed E-state index contributed by atoms with van der Waals surface area (Å²) in [7, 11) is 0. The first-order valence-electron chi connectivity index (χ1n) is 9.38.